The van der Waals surface area contributed by atoms with Crippen molar-refractivity contribution in [3.8, 4) is 5.69 Å². The van der Waals surface area contributed by atoms with Crippen LogP contribution in [0, 0.1) is 5.92 Å². The van der Waals surface area contributed by atoms with Crippen molar-refractivity contribution >= 4 is 5.96 Å². The van der Waals surface area contributed by atoms with Gasteiger partial charge in [-0.25, -0.2) is 9.67 Å². The minimum atomic E-state index is 0.683. The van der Waals surface area contributed by atoms with Gasteiger partial charge in [0.15, 0.2) is 5.96 Å². The first kappa shape index (κ1) is 16.6. The topological polar surface area (TPSA) is 45.5 Å². The average molecular weight is 325 g/mol. The number of hydrogen-bond acceptors (Lipinski definition) is 2. The van der Waals surface area contributed by atoms with Gasteiger partial charge in [-0.3, -0.25) is 0 Å². The first-order valence-corrected chi connectivity index (χ1v) is 8.88. The fourth-order valence-electron chi connectivity index (χ4n) is 3.19. The van der Waals surface area contributed by atoms with Crippen molar-refractivity contribution < 1.29 is 0 Å². The molecule has 1 saturated heterocycles. The van der Waals surface area contributed by atoms with E-state index in [4.69, 9.17) is 4.99 Å². The van der Waals surface area contributed by atoms with Crippen LogP contribution in [0.15, 0.2) is 47.7 Å². The van der Waals surface area contributed by atoms with Gasteiger partial charge in [0.05, 0.1) is 12.2 Å². The number of hydrogen-bond donors (Lipinski definition) is 1. The molecule has 0 saturated carbocycles. The van der Waals surface area contributed by atoms with Crippen LogP contribution < -0.4 is 5.32 Å². The third-order valence-corrected chi connectivity index (χ3v) is 4.38. The van der Waals surface area contributed by atoms with Crippen LogP contribution in [-0.4, -0.2) is 40.3 Å². The molecule has 3 rings (SSSR count). The molecule has 2 aromatic rings. The molecule has 1 aromatic heterocycles. The number of likely N-dealkylation sites (tertiary alicyclic amines) is 1. The van der Waals surface area contributed by atoms with Gasteiger partial charge in [0.25, 0.3) is 0 Å². The highest BCUT2D eigenvalue weighted by molar-refractivity contribution is 5.80. The summed E-state index contributed by atoms with van der Waals surface area (Å²) in [7, 11) is 0. The Morgan fingerprint density at radius 3 is 3.04 bits per heavy atom. The van der Waals surface area contributed by atoms with Gasteiger partial charge in [-0.1, -0.05) is 19.1 Å². The summed E-state index contributed by atoms with van der Waals surface area (Å²) in [6, 6.07) is 10.3. The summed E-state index contributed by atoms with van der Waals surface area (Å²) in [5.74, 6) is 1.78. The van der Waals surface area contributed by atoms with Crippen molar-refractivity contribution in [2.45, 2.75) is 33.2 Å². The molecule has 0 spiro atoms. The van der Waals surface area contributed by atoms with E-state index >= 15 is 0 Å². The lowest BCUT2D eigenvalue weighted by Gasteiger charge is -2.33. The van der Waals surface area contributed by atoms with E-state index < -0.39 is 0 Å². The largest absolute Gasteiger partial charge is 0.357 e. The summed E-state index contributed by atoms with van der Waals surface area (Å²) >= 11 is 0. The molecule has 5 heteroatoms. The minimum absolute atomic E-state index is 0.683. The van der Waals surface area contributed by atoms with Crippen LogP contribution in [0.3, 0.4) is 0 Å². The Bertz CT molecular complexity index is 662. The van der Waals surface area contributed by atoms with Crippen molar-refractivity contribution in [1.82, 2.24) is 20.0 Å². The van der Waals surface area contributed by atoms with Crippen LogP contribution >= 0.6 is 0 Å². The third-order valence-electron chi connectivity index (χ3n) is 4.38. The summed E-state index contributed by atoms with van der Waals surface area (Å²) in [5.41, 5.74) is 2.27. The van der Waals surface area contributed by atoms with Crippen LogP contribution in [0.25, 0.3) is 5.69 Å². The third kappa shape index (κ3) is 4.16. The van der Waals surface area contributed by atoms with E-state index in [0.29, 0.717) is 6.54 Å². The zero-order valence-corrected chi connectivity index (χ0v) is 14.7. The van der Waals surface area contributed by atoms with Crippen molar-refractivity contribution in [2.24, 2.45) is 10.9 Å². The summed E-state index contributed by atoms with van der Waals surface area (Å²) in [6.45, 7) is 8.23. The molecule has 24 heavy (non-hydrogen) atoms. The van der Waals surface area contributed by atoms with Crippen LogP contribution in [-0.2, 0) is 6.54 Å². The number of nitrogens with one attached hydrogen (secondary N) is 1. The molecular formula is C19H27N5. The SMILES string of the molecule is CCNC(=NCc1cccc(-n2cccn2)c1)N1CCCC(C)C1. The lowest BCUT2D eigenvalue weighted by Crippen LogP contribution is -2.46. The van der Waals surface area contributed by atoms with Crippen molar-refractivity contribution in [3.63, 3.8) is 0 Å². The Morgan fingerprint density at radius 1 is 1.38 bits per heavy atom. The van der Waals surface area contributed by atoms with E-state index in [1.165, 1.54) is 18.4 Å². The molecular weight excluding hydrogens is 298 g/mol. The molecule has 1 N–H and O–H groups in total. The number of piperidine rings is 1. The summed E-state index contributed by atoms with van der Waals surface area (Å²) in [6.07, 6.45) is 6.33. The van der Waals surface area contributed by atoms with Gasteiger partial charge in [0.1, 0.15) is 0 Å². The number of aromatic nitrogens is 2. The first-order valence-electron chi connectivity index (χ1n) is 8.88. The molecule has 1 unspecified atom stereocenters. The highest BCUT2D eigenvalue weighted by Crippen LogP contribution is 2.16. The monoisotopic (exact) mass is 325 g/mol. The van der Waals surface area contributed by atoms with Gasteiger partial charge < -0.3 is 10.2 Å². The zero-order chi connectivity index (χ0) is 16.8. The maximum Gasteiger partial charge on any atom is 0.194 e. The highest BCUT2D eigenvalue weighted by atomic mass is 15.3. The second-order valence-corrected chi connectivity index (χ2v) is 6.48. The molecule has 0 aliphatic carbocycles. The minimum Gasteiger partial charge on any atom is -0.357 e. The second-order valence-electron chi connectivity index (χ2n) is 6.48. The predicted molar refractivity (Wildman–Crippen MR) is 98.4 cm³/mol. The Hall–Kier alpha value is -2.30. The van der Waals surface area contributed by atoms with Gasteiger partial charge in [-0.15, -0.1) is 0 Å². The maximum absolute atomic E-state index is 4.87. The molecule has 128 valence electrons. The fourth-order valence-corrected chi connectivity index (χ4v) is 3.19. The van der Waals surface area contributed by atoms with Crippen LogP contribution in [0.1, 0.15) is 32.3 Å². The second kappa shape index (κ2) is 7.99. The van der Waals surface area contributed by atoms with Crippen molar-refractivity contribution in [2.75, 3.05) is 19.6 Å². The van der Waals surface area contributed by atoms with Crippen LogP contribution in [0.5, 0.6) is 0 Å². The Labute approximate surface area is 144 Å². The Balaban J connectivity index is 1.73. The van der Waals surface area contributed by atoms with Crippen LogP contribution in [0.2, 0.25) is 0 Å². The molecule has 0 bridgehead atoms. The maximum atomic E-state index is 4.87. The number of aliphatic imine (C=N–C) groups is 1. The molecule has 1 aliphatic heterocycles. The summed E-state index contributed by atoms with van der Waals surface area (Å²) < 4.78 is 1.88. The Morgan fingerprint density at radius 2 is 2.29 bits per heavy atom. The van der Waals surface area contributed by atoms with E-state index in [1.807, 2.05) is 16.9 Å². The smallest absolute Gasteiger partial charge is 0.194 e. The first-order chi connectivity index (χ1) is 11.8. The van der Waals surface area contributed by atoms with Gasteiger partial charge in [-0.05, 0) is 49.4 Å². The number of guanidine groups is 1. The summed E-state index contributed by atoms with van der Waals surface area (Å²) in [4.78, 5) is 7.26. The van der Waals surface area contributed by atoms with Gasteiger partial charge in [0, 0.05) is 32.0 Å². The van der Waals surface area contributed by atoms with Crippen molar-refractivity contribution in [1.29, 1.82) is 0 Å². The van der Waals surface area contributed by atoms with E-state index in [0.717, 1.165) is 37.2 Å². The van der Waals surface area contributed by atoms with Gasteiger partial charge in [-0.2, -0.15) is 5.10 Å². The van der Waals surface area contributed by atoms with E-state index in [2.05, 4.69) is 53.4 Å². The lowest BCUT2D eigenvalue weighted by molar-refractivity contribution is 0.266. The number of rotatable bonds is 4. The van der Waals surface area contributed by atoms with E-state index in [-0.39, 0.29) is 0 Å². The molecule has 0 amide bonds. The predicted octanol–water partition coefficient (Wildman–Crippen LogP) is 3.07. The molecule has 1 aromatic carbocycles. The highest BCUT2D eigenvalue weighted by Gasteiger charge is 2.18. The normalized spacial score (nSPS) is 18.7. The molecule has 5 nitrogen and oxygen atoms in total. The van der Waals surface area contributed by atoms with E-state index in [1.54, 1.807) is 6.20 Å². The van der Waals surface area contributed by atoms with Gasteiger partial charge >= 0.3 is 0 Å². The standard InChI is InChI=1S/C19H27N5/c1-3-20-19(23-11-5-7-16(2)15-23)21-14-17-8-4-9-18(13-17)24-12-6-10-22-24/h4,6,8-10,12-13,16H,3,5,7,11,14-15H2,1-2H3,(H,20,21). The fraction of sp³-hybridized carbons (Fsp3) is 0.474. The average Bonchev–Trinajstić information content (AvgIpc) is 3.13. The molecule has 1 fully saturated rings. The van der Waals surface area contributed by atoms with Gasteiger partial charge in [0.2, 0.25) is 0 Å². The van der Waals surface area contributed by atoms with E-state index in [9.17, 15) is 0 Å². The van der Waals surface area contributed by atoms with Crippen LogP contribution in [0.4, 0.5) is 0 Å². The Kier molecular flexibility index (Phi) is 5.51. The lowest BCUT2D eigenvalue weighted by atomic mass is 10.0. The molecule has 1 atom stereocenters. The zero-order valence-electron chi connectivity index (χ0n) is 14.7. The summed E-state index contributed by atoms with van der Waals surface area (Å²) in [5, 5.41) is 7.74. The number of nitrogens with zero attached hydrogens (tertiary/aromatic N) is 4. The molecule has 1 aliphatic rings. The number of benzene rings is 1. The molecule has 2 heterocycles. The molecule has 0 radical (unpaired) electrons. The van der Waals surface area contributed by atoms with Crippen molar-refractivity contribution in [3.05, 3.63) is 48.3 Å². The quantitative estimate of drug-likeness (QED) is 0.694.